The van der Waals surface area contributed by atoms with E-state index >= 15 is 0 Å². The Morgan fingerprint density at radius 2 is 0.773 bits per heavy atom. The van der Waals surface area contributed by atoms with E-state index in [1.165, 1.54) is 89.3 Å². The first-order chi connectivity index (χ1) is 10.8. The fourth-order valence-corrected chi connectivity index (χ4v) is 4.54. The Labute approximate surface area is 148 Å². The van der Waals surface area contributed by atoms with Crippen molar-refractivity contribution in [1.29, 1.82) is 0 Å². The van der Waals surface area contributed by atoms with Gasteiger partial charge in [0, 0.05) is 0 Å². The van der Waals surface area contributed by atoms with E-state index in [2.05, 4.69) is 59.1 Å². The third-order valence-electron chi connectivity index (χ3n) is 3.87. The van der Waals surface area contributed by atoms with Gasteiger partial charge in [0.2, 0.25) is 0 Å². The van der Waals surface area contributed by atoms with Crippen LogP contribution in [-0.4, -0.2) is 47.7 Å². The molecule has 0 saturated heterocycles. The summed E-state index contributed by atoms with van der Waals surface area (Å²) in [7, 11) is 4.12. The molecule has 0 amide bonds. The van der Waals surface area contributed by atoms with Crippen molar-refractivity contribution in [3.8, 4) is 0 Å². The first kappa shape index (κ1) is 22.6. The molecule has 0 aliphatic carbocycles. The second-order valence-electron chi connectivity index (χ2n) is 6.14. The summed E-state index contributed by atoms with van der Waals surface area (Å²) in [5, 5.41) is 0. The molecule has 0 saturated carbocycles. The summed E-state index contributed by atoms with van der Waals surface area (Å²) >= 11 is 0. The summed E-state index contributed by atoms with van der Waals surface area (Å²) < 4.78 is 0. The number of rotatable bonds is 17. The highest BCUT2D eigenvalue weighted by Crippen LogP contribution is 2.24. The smallest absolute Gasteiger partial charge is 0.0548 e. The van der Waals surface area contributed by atoms with Crippen molar-refractivity contribution in [2.45, 2.75) is 79.1 Å². The fraction of sp³-hybridized carbons (Fsp3) is 1.00. The highest BCUT2D eigenvalue weighted by atomic mass is 33.1. The Bertz CT molecular complexity index is 177. The topological polar surface area (TPSA) is 6.48 Å². The largest absolute Gasteiger partial charge is 0.293 e. The molecule has 0 N–H and O–H groups in total. The van der Waals surface area contributed by atoms with Gasteiger partial charge in [-0.3, -0.25) is 9.80 Å². The van der Waals surface area contributed by atoms with Crippen LogP contribution in [0.4, 0.5) is 0 Å². The van der Waals surface area contributed by atoms with E-state index < -0.39 is 0 Å². The summed E-state index contributed by atoms with van der Waals surface area (Å²) in [6.45, 7) is 14.3. The van der Waals surface area contributed by atoms with Crippen LogP contribution in [0.15, 0.2) is 0 Å². The zero-order chi connectivity index (χ0) is 16.5. The van der Waals surface area contributed by atoms with E-state index in [0.29, 0.717) is 0 Å². The first-order valence-electron chi connectivity index (χ1n) is 9.47. The van der Waals surface area contributed by atoms with Gasteiger partial charge in [-0.2, -0.15) is 0 Å². The molecular weight excluding hydrogens is 308 g/mol. The van der Waals surface area contributed by atoms with Crippen molar-refractivity contribution in [3.05, 3.63) is 0 Å². The van der Waals surface area contributed by atoms with Gasteiger partial charge < -0.3 is 0 Å². The van der Waals surface area contributed by atoms with E-state index in [1.54, 1.807) is 0 Å². The minimum absolute atomic E-state index is 1.19. The second kappa shape index (κ2) is 18.0. The van der Waals surface area contributed by atoms with Crippen LogP contribution < -0.4 is 0 Å². The summed E-state index contributed by atoms with van der Waals surface area (Å²) in [5.41, 5.74) is 0. The third-order valence-corrected chi connectivity index (χ3v) is 6.11. The van der Waals surface area contributed by atoms with Crippen LogP contribution in [0.2, 0.25) is 0 Å². The van der Waals surface area contributed by atoms with Crippen molar-refractivity contribution in [2.24, 2.45) is 0 Å². The molecule has 134 valence electrons. The molecule has 0 aromatic carbocycles. The van der Waals surface area contributed by atoms with Crippen LogP contribution in [0.5, 0.6) is 0 Å². The zero-order valence-electron chi connectivity index (χ0n) is 15.6. The van der Waals surface area contributed by atoms with Crippen molar-refractivity contribution in [1.82, 2.24) is 9.80 Å². The van der Waals surface area contributed by atoms with Gasteiger partial charge in [0.15, 0.2) is 0 Å². The monoisotopic (exact) mass is 348 g/mol. The molecule has 0 aromatic heterocycles. The Balaban J connectivity index is 3.88. The van der Waals surface area contributed by atoms with E-state index in [4.69, 9.17) is 0 Å². The average Bonchev–Trinajstić information content (AvgIpc) is 2.54. The lowest BCUT2D eigenvalue weighted by Crippen LogP contribution is -2.27. The maximum absolute atomic E-state index is 2.65. The van der Waals surface area contributed by atoms with Crippen molar-refractivity contribution < 1.29 is 0 Å². The van der Waals surface area contributed by atoms with E-state index in [0.717, 1.165) is 0 Å². The van der Waals surface area contributed by atoms with Gasteiger partial charge in [-0.1, -0.05) is 75.0 Å². The van der Waals surface area contributed by atoms with E-state index in [1.807, 2.05) is 0 Å². The van der Waals surface area contributed by atoms with Gasteiger partial charge in [0.25, 0.3) is 0 Å². The van der Waals surface area contributed by atoms with Gasteiger partial charge in [-0.15, -0.1) is 0 Å². The van der Waals surface area contributed by atoms with Gasteiger partial charge in [-0.05, 0) is 51.9 Å². The lowest BCUT2D eigenvalue weighted by molar-refractivity contribution is 0.309. The average molecular weight is 349 g/mol. The van der Waals surface area contributed by atoms with Crippen LogP contribution in [0, 0.1) is 0 Å². The number of hydrogen-bond acceptors (Lipinski definition) is 4. The summed E-state index contributed by atoms with van der Waals surface area (Å²) in [5.74, 6) is 2.39. The maximum Gasteiger partial charge on any atom is 0.0548 e. The lowest BCUT2D eigenvalue weighted by atomic mass is 10.3. The summed E-state index contributed by atoms with van der Waals surface area (Å²) in [6, 6.07) is 0. The first-order valence-corrected chi connectivity index (χ1v) is 12.0. The highest BCUT2D eigenvalue weighted by molar-refractivity contribution is 8.76. The van der Waals surface area contributed by atoms with Crippen LogP contribution >= 0.6 is 21.6 Å². The SMILES string of the molecule is CCCCN(CCCC)CSSCN(CCCC)CCCC. The Morgan fingerprint density at radius 3 is 1.00 bits per heavy atom. The summed E-state index contributed by atoms with van der Waals surface area (Å²) in [4.78, 5) is 5.29. The maximum atomic E-state index is 2.65. The van der Waals surface area contributed by atoms with E-state index in [-0.39, 0.29) is 0 Å². The molecule has 2 nitrogen and oxygen atoms in total. The molecule has 0 atom stereocenters. The molecule has 0 radical (unpaired) electrons. The van der Waals surface area contributed by atoms with Gasteiger partial charge in [0.1, 0.15) is 0 Å². The Morgan fingerprint density at radius 1 is 0.500 bits per heavy atom. The van der Waals surface area contributed by atoms with Crippen LogP contribution in [0.25, 0.3) is 0 Å². The predicted molar refractivity (Wildman–Crippen MR) is 108 cm³/mol. The number of unbranched alkanes of at least 4 members (excludes halogenated alkanes) is 4. The molecule has 0 heterocycles. The molecule has 22 heavy (non-hydrogen) atoms. The molecule has 0 spiro atoms. The van der Waals surface area contributed by atoms with Crippen LogP contribution in [0.3, 0.4) is 0 Å². The van der Waals surface area contributed by atoms with Crippen LogP contribution in [0.1, 0.15) is 79.1 Å². The van der Waals surface area contributed by atoms with E-state index in [9.17, 15) is 0 Å². The molecule has 0 aliphatic rings. The van der Waals surface area contributed by atoms with Crippen molar-refractivity contribution >= 4 is 21.6 Å². The molecule has 0 unspecified atom stereocenters. The minimum Gasteiger partial charge on any atom is -0.293 e. The standard InChI is InChI=1S/C18H40N2S2/c1-5-9-13-19(14-10-6-2)17-21-22-18-20(15-11-7-3)16-12-8-4/h5-18H2,1-4H3. The lowest BCUT2D eigenvalue weighted by Gasteiger charge is -2.23. The Kier molecular flexibility index (Phi) is 18.5. The molecule has 0 rings (SSSR count). The molecular formula is C18H40N2S2. The minimum atomic E-state index is 1.19. The summed E-state index contributed by atoms with van der Waals surface area (Å²) in [6.07, 6.45) is 10.6. The molecule has 4 heteroatoms. The molecule has 0 aromatic rings. The van der Waals surface area contributed by atoms with Crippen molar-refractivity contribution in [3.63, 3.8) is 0 Å². The Hall–Kier alpha value is 0.620. The van der Waals surface area contributed by atoms with Gasteiger partial charge in [0.05, 0.1) is 11.8 Å². The normalized spacial score (nSPS) is 11.7. The van der Waals surface area contributed by atoms with Gasteiger partial charge in [-0.25, -0.2) is 0 Å². The predicted octanol–water partition coefficient (Wildman–Crippen LogP) is 6.09. The fourth-order valence-electron chi connectivity index (χ4n) is 2.23. The highest BCUT2D eigenvalue weighted by Gasteiger charge is 2.07. The zero-order valence-corrected chi connectivity index (χ0v) is 17.2. The molecule has 0 aliphatic heterocycles. The van der Waals surface area contributed by atoms with Crippen molar-refractivity contribution in [2.75, 3.05) is 37.9 Å². The molecule has 0 bridgehead atoms. The third kappa shape index (κ3) is 14.2. The van der Waals surface area contributed by atoms with Crippen LogP contribution in [-0.2, 0) is 0 Å². The van der Waals surface area contributed by atoms with Gasteiger partial charge >= 0.3 is 0 Å². The number of nitrogens with zero attached hydrogens (tertiary/aromatic N) is 2. The second-order valence-corrected chi connectivity index (χ2v) is 8.55. The molecule has 0 fully saturated rings. The quantitative estimate of drug-likeness (QED) is 0.178. The number of hydrogen-bond donors (Lipinski definition) is 0.